The van der Waals surface area contributed by atoms with Gasteiger partial charge in [0.1, 0.15) is 0 Å². The van der Waals surface area contributed by atoms with E-state index in [4.69, 9.17) is 6.58 Å². The maximum absolute atomic E-state index is 4.85. The monoisotopic (exact) mass is 1350 g/mol. The van der Waals surface area contributed by atoms with E-state index in [1.165, 1.54) is 86.9 Å². The average Bonchev–Trinajstić information content (AvgIpc) is 0.772. The number of hydrogen-bond acceptors (Lipinski definition) is 2. The largest absolute Gasteiger partial charge is 0.321 e. The van der Waals surface area contributed by atoms with Crippen molar-refractivity contribution >= 4 is 128 Å². The molecule has 2 heteroatoms. The highest BCUT2D eigenvalue weighted by Gasteiger charge is 2.22. The van der Waals surface area contributed by atoms with E-state index in [-0.39, 0.29) is 0 Å². The second kappa shape index (κ2) is 29.5. The Labute approximate surface area is 621 Å². The van der Waals surface area contributed by atoms with Gasteiger partial charge in [-0.15, -0.1) is 0 Å². The molecule has 106 heavy (non-hydrogen) atoms. The molecule has 0 aliphatic rings. The van der Waals surface area contributed by atoms with Crippen molar-refractivity contribution in [3.63, 3.8) is 0 Å². The van der Waals surface area contributed by atoms with Gasteiger partial charge in [-0.3, -0.25) is 0 Å². The normalized spacial score (nSPS) is 11.7. The lowest BCUT2D eigenvalue weighted by atomic mass is 9.88. The summed E-state index contributed by atoms with van der Waals surface area (Å²) in [6.45, 7) is 13.9. The summed E-state index contributed by atoms with van der Waals surface area (Å²) in [7, 11) is 0. The highest BCUT2D eigenvalue weighted by atomic mass is 15.1. The predicted octanol–water partition coefficient (Wildman–Crippen LogP) is 29.5. The van der Waals surface area contributed by atoms with Crippen LogP contribution in [-0.2, 0) is 0 Å². The molecule has 0 N–H and O–H groups in total. The zero-order chi connectivity index (χ0) is 71.3. The number of fused-ring (bicyclic) bond motifs is 10. The van der Waals surface area contributed by atoms with Gasteiger partial charge in [0.05, 0.1) is 11.4 Å². The summed E-state index contributed by atoms with van der Waals surface area (Å²) < 4.78 is 0. The third-order valence-electron chi connectivity index (χ3n) is 21.1. The molecule has 17 rings (SSSR count). The van der Waals surface area contributed by atoms with Gasteiger partial charge >= 0.3 is 0 Å². The maximum atomic E-state index is 4.85. The smallest absolute Gasteiger partial charge is 0.0540 e. The molecular formula is C104H78N2. The Kier molecular flexibility index (Phi) is 18.3. The summed E-state index contributed by atoms with van der Waals surface area (Å²) in [5, 5.41) is 17.1. The summed E-state index contributed by atoms with van der Waals surface area (Å²) in [4.78, 5) is 4.74. The molecular weight excluding hydrogens is 1280 g/mol. The number of anilines is 4. The number of rotatable bonds is 21. The van der Waals surface area contributed by atoms with Crippen LogP contribution >= 0.6 is 0 Å². The van der Waals surface area contributed by atoms with E-state index in [0.29, 0.717) is 0 Å². The first-order valence-corrected chi connectivity index (χ1v) is 36.8. The number of benzene rings is 17. The van der Waals surface area contributed by atoms with Gasteiger partial charge in [0.15, 0.2) is 0 Å². The first-order valence-electron chi connectivity index (χ1n) is 36.8. The zero-order valence-corrected chi connectivity index (χ0v) is 59.3. The van der Waals surface area contributed by atoms with Gasteiger partial charge in [0, 0.05) is 34.4 Å². The Bertz CT molecular complexity index is 6330. The van der Waals surface area contributed by atoms with E-state index >= 15 is 0 Å². The molecule has 0 fully saturated rings. The Hall–Kier alpha value is -13.4. The van der Waals surface area contributed by atoms with Gasteiger partial charge in [0.2, 0.25) is 0 Å². The number of nitrogens with zero attached hydrogens (tertiary/aromatic N) is 2. The van der Waals surface area contributed by atoms with Gasteiger partial charge in [-0.2, -0.15) is 0 Å². The summed E-state index contributed by atoms with van der Waals surface area (Å²) in [5.41, 5.74) is 21.3. The van der Waals surface area contributed by atoms with Crippen molar-refractivity contribution in [3.05, 3.63) is 417 Å². The second-order valence-electron chi connectivity index (χ2n) is 27.5. The minimum Gasteiger partial charge on any atom is -0.321 e. The third-order valence-corrected chi connectivity index (χ3v) is 21.1. The van der Waals surface area contributed by atoms with Crippen LogP contribution in [0.15, 0.2) is 390 Å². The lowest BCUT2D eigenvalue weighted by Crippen LogP contribution is -2.15. The maximum Gasteiger partial charge on any atom is 0.0540 e. The molecule has 0 aliphatic heterocycles. The molecule has 0 aliphatic carbocycles. The molecule has 0 heterocycles. The quantitative estimate of drug-likeness (QED) is 0.0523. The Morgan fingerprint density at radius 3 is 1.51 bits per heavy atom. The van der Waals surface area contributed by atoms with Crippen molar-refractivity contribution in [2.45, 2.75) is 25.7 Å². The predicted molar refractivity (Wildman–Crippen MR) is 461 cm³/mol. The Balaban J connectivity index is 0.713. The summed E-state index contributed by atoms with van der Waals surface area (Å²) in [6.07, 6.45) is 19.0. The molecule has 0 unspecified atom stereocenters. The molecule has 0 amide bonds. The highest BCUT2D eigenvalue weighted by Crippen LogP contribution is 2.46. The van der Waals surface area contributed by atoms with Crippen molar-refractivity contribution < 1.29 is 0 Å². The highest BCUT2D eigenvalue weighted by molar-refractivity contribution is 6.16. The average molecular weight is 1360 g/mol. The van der Waals surface area contributed by atoms with Gasteiger partial charge in [-0.05, 0) is 235 Å². The van der Waals surface area contributed by atoms with Crippen molar-refractivity contribution in [2.24, 2.45) is 0 Å². The molecule has 0 saturated carbocycles. The molecule has 0 atom stereocenters. The fraction of sp³-hybridized carbons (Fsp3) is 0.0385. The summed E-state index contributed by atoms with van der Waals surface area (Å²) in [5.74, 6) is 0. The van der Waals surface area contributed by atoms with Crippen LogP contribution in [0, 0.1) is 0 Å². The fourth-order valence-electron chi connectivity index (χ4n) is 15.8. The minimum absolute atomic E-state index is 0.748. The van der Waals surface area contributed by atoms with Crippen LogP contribution < -0.4 is 9.80 Å². The molecule has 0 aromatic heterocycles. The standard InChI is InChI=1S/C104H78N2/c1-4-86-98(90-46-18-15-41-82(90)70-102(86)99-54-26-27-55-103(99)105(65-30-29-32-72(2)75-34-7-5-8-35-75)73(3)33-11-12-38-78-67-79-39-13-16-44-87(79)93-49-20-19-47-88(78)93)64-58-74-57-63-91-83(66-74)71-100(96-52-23-22-51-95(91)96)77-59-61-84(62-60-77)106(104-56-28-25-48-92(104)76-36-9-6-10-37-76)85-43-31-42-80(68-85)101-69-81-40-14-17-45-89(81)94-50-21-24-53-97(94)101/h4-10,12-28,30-31,34-71H,1-3,11,29,32-33H2/b38-12+,64-58+,65-30+. The fourth-order valence-corrected chi connectivity index (χ4v) is 15.8. The van der Waals surface area contributed by atoms with E-state index in [1.807, 2.05) is 6.08 Å². The molecule has 17 aromatic rings. The number of hydrogen-bond donors (Lipinski definition) is 0. The van der Waals surface area contributed by atoms with Crippen molar-refractivity contribution in [1.82, 2.24) is 0 Å². The molecule has 2 nitrogen and oxygen atoms in total. The molecule has 0 bridgehead atoms. The molecule has 17 aromatic carbocycles. The summed E-state index contributed by atoms with van der Waals surface area (Å²) in [6, 6.07) is 126. The lowest BCUT2D eigenvalue weighted by molar-refractivity contribution is 0.932. The number of allylic oxidation sites excluding steroid dienone is 4. The zero-order valence-electron chi connectivity index (χ0n) is 59.3. The molecule has 0 saturated heterocycles. The third kappa shape index (κ3) is 13.0. The number of para-hydroxylation sites is 2. The lowest BCUT2D eigenvalue weighted by Gasteiger charge is -2.28. The van der Waals surface area contributed by atoms with Gasteiger partial charge in [0.25, 0.3) is 0 Å². The van der Waals surface area contributed by atoms with Crippen LogP contribution in [0.3, 0.4) is 0 Å². The topological polar surface area (TPSA) is 6.48 Å². The molecule has 504 valence electrons. The van der Waals surface area contributed by atoms with E-state index in [1.54, 1.807) is 0 Å². The van der Waals surface area contributed by atoms with Gasteiger partial charge < -0.3 is 9.80 Å². The molecule has 0 spiro atoms. The van der Waals surface area contributed by atoms with E-state index in [9.17, 15) is 0 Å². The van der Waals surface area contributed by atoms with Crippen LogP contribution in [0.1, 0.15) is 53.5 Å². The van der Waals surface area contributed by atoms with Crippen LogP contribution in [0.4, 0.5) is 22.7 Å². The second-order valence-corrected chi connectivity index (χ2v) is 27.5. The van der Waals surface area contributed by atoms with Gasteiger partial charge in [-0.1, -0.05) is 335 Å². The first-order chi connectivity index (χ1) is 52.4. The van der Waals surface area contributed by atoms with Crippen LogP contribution in [0.25, 0.3) is 150 Å². The van der Waals surface area contributed by atoms with Crippen molar-refractivity contribution in [3.8, 4) is 44.5 Å². The van der Waals surface area contributed by atoms with E-state index < -0.39 is 0 Å². The Morgan fingerprint density at radius 1 is 0.302 bits per heavy atom. The minimum atomic E-state index is 0.748. The van der Waals surface area contributed by atoms with E-state index in [2.05, 4.69) is 405 Å². The van der Waals surface area contributed by atoms with Gasteiger partial charge in [-0.25, -0.2) is 0 Å². The SMILES string of the molecule is C=Cc1c(-c2ccccc2N(/C=C/CCC(=C)c2ccccc2)C(=C)CC/C=C/c2cc3ccccc3c3ccccc23)cc2ccccc2c1/C=C/c1ccc2c(c1)cc(-c1ccc(N(c3cccc(-c4cc5ccccc5c5ccccc45)c3)c3ccccc3-c3ccccc3)cc1)c1ccccc12. The van der Waals surface area contributed by atoms with Crippen molar-refractivity contribution in [1.29, 1.82) is 0 Å². The first kappa shape index (κ1) is 65.9. The Morgan fingerprint density at radius 2 is 0.811 bits per heavy atom. The van der Waals surface area contributed by atoms with Crippen LogP contribution in [0.5, 0.6) is 0 Å². The molecule has 0 radical (unpaired) electrons. The van der Waals surface area contributed by atoms with Crippen molar-refractivity contribution in [2.75, 3.05) is 9.80 Å². The van der Waals surface area contributed by atoms with Crippen LogP contribution in [-0.4, -0.2) is 0 Å². The van der Waals surface area contributed by atoms with E-state index in [0.717, 1.165) is 121 Å². The summed E-state index contributed by atoms with van der Waals surface area (Å²) >= 11 is 0. The van der Waals surface area contributed by atoms with Crippen LogP contribution in [0.2, 0.25) is 0 Å².